The van der Waals surface area contributed by atoms with E-state index in [2.05, 4.69) is 21.9 Å². The Morgan fingerprint density at radius 2 is 2.33 bits per heavy atom. The van der Waals surface area contributed by atoms with Gasteiger partial charge in [-0.25, -0.2) is 0 Å². The van der Waals surface area contributed by atoms with E-state index in [1.54, 1.807) is 0 Å². The average Bonchev–Trinajstić information content (AvgIpc) is 2.09. The molecule has 0 aliphatic rings. The highest BCUT2D eigenvalue weighted by Crippen LogP contribution is 2.25. The summed E-state index contributed by atoms with van der Waals surface area (Å²) in [6.07, 6.45) is 5.23. The van der Waals surface area contributed by atoms with Crippen molar-refractivity contribution in [3.05, 3.63) is 28.2 Å². The first-order valence-electron chi connectivity index (χ1n) is 3.67. The summed E-state index contributed by atoms with van der Waals surface area (Å²) in [6.45, 7) is 2.61. The predicted octanol–water partition coefficient (Wildman–Crippen LogP) is 2.83. The van der Waals surface area contributed by atoms with E-state index >= 15 is 0 Å². The summed E-state index contributed by atoms with van der Waals surface area (Å²) < 4.78 is 6.22. The summed E-state index contributed by atoms with van der Waals surface area (Å²) in [7, 11) is 0. The second-order valence-corrected chi connectivity index (χ2v) is 3.08. The molecule has 1 aromatic carbocycles. The lowest BCUT2D eigenvalue weighted by atomic mass is 10.2. The molecule has 0 unspecified atom stereocenters. The van der Waals surface area contributed by atoms with Crippen LogP contribution in [0.3, 0.4) is 0 Å². The van der Waals surface area contributed by atoms with Gasteiger partial charge in [0, 0.05) is 5.56 Å². The Morgan fingerprint density at radius 3 is 2.83 bits per heavy atom. The second-order valence-electron chi connectivity index (χ2n) is 2.22. The summed E-state index contributed by atoms with van der Waals surface area (Å²) in [5, 5.41) is 0. The molecule has 0 atom stereocenters. The molecule has 0 radical (unpaired) electrons. The van der Waals surface area contributed by atoms with Crippen LogP contribution in [0.4, 0.5) is 0 Å². The zero-order valence-corrected chi connectivity index (χ0v) is 8.39. The molecule has 0 amide bonds. The van der Waals surface area contributed by atoms with Gasteiger partial charge in [-0.15, -0.1) is 6.42 Å². The maximum atomic E-state index is 5.32. The molecule has 0 fully saturated rings. The quantitative estimate of drug-likeness (QED) is 0.703. The van der Waals surface area contributed by atoms with Crippen LogP contribution in [0.15, 0.2) is 22.7 Å². The number of hydrogen-bond donors (Lipinski definition) is 0. The van der Waals surface area contributed by atoms with Crippen LogP contribution in [0, 0.1) is 12.3 Å². The molecule has 0 bridgehead atoms. The van der Waals surface area contributed by atoms with E-state index in [-0.39, 0.29) is 0 Å². The Bertz CT molecular complexity index is 312. The van der Waals surface area contributed by atoms with Gasteiger partial charge in [0.1, 0.15) is 5.75 Å². The zero-order valence-electron chi connectivity index (χ0n) is 6.80. The minimum Gasteiger partial charge on any atom is -0.493 e. The summed E-state index contributed by atoms with van der Waals surface area (Å²) in [5.74, 6) is 3.38. The maximum Gasteiger partial charge on any atom is 0.133 e. The lowest BCUT2D eigenvalue weighted by molar-refractivity contribution is 0.338. The normalized spacial score (nSPS) is 9.08. The third kappa shape index (κ3) is 2.02. The van der Waals surface area contributed by atoms with E-state index in [0.717, 1.165) is 15.8 Å². The molecule has 12 heavy (non-hydrogen) atoms. The molecule has 1 rings (SSSR count). The van der Waals surface area contributed by atoms with Crippen molar-refractivity contribution in [2.75, 3.05) is 6.61 Å². The first-order valence-corrected chi connectivity index (χ1v) is 4.46. The number of terminal acetylenes is 1. The van der Waals surface area contributed by atoms with Crippen molar-refractivity contribution in [3.8, 4) is 18.1 Å². The van der Waals surface area contributed by atoms with Crippen LogP contribution < -0.4 is 4.74 Å². The number of rotatable bonds is 2. The molecule has 0 heterocycles. The van der Waals surface area contributed by atoms with E-state index in [4.69, 9.17) is 11.2 Å². The summed E-state index contributed by atoms with van der Waals surface area (Å²) in [5.41, 5.74) is 0.852. The smallest absolute Gasteiger partial charge is 0.133 e. The number of ether oxygens (including phenoxy) is 1. The highest BCUT2D eigenvalue weighted by molar-refractivity contribution is 9.10. The van der Waals surface area contributed by atoms with Gasteiger partial charge in [0.15, 0.2) is 0 Å². The van der Waals surface area contributed by atoms with E-state index < -0.39 is 0 Å². The van der Waals surface area contributed by atoms with Gasteiger partial charge in [-0.1, -0.05) is 5.92 Å². The fourth-order valence-corrected chi connectivity index (χ4v) is 1.36. The van der Waals surface area contributed by atoms with Crippen LogP contribution in [-0.2, 0) is 0 Å². The van der Waals surface area contributed by atoms with Crippen molar-refractivity contribution in [1.29, 1.82) is 0 Å². The molecule has 0 spiro atoms. The fourth-order valence-electron chi connectivity index (χ4n) is 0.863. The molecule has 1 nitrogen and oxygen atoms in total. The van der Waals surface area contributed by atoms with Crippen LogP contribution in [0.1, 0.15) is 12.5 Å². The average molecular weight is 225 g/mol. The Morgan fingerprint density at radius 1 is 1.58 bits per heavy atom. The van der Waals surface area contributed by atoms with Crippen molar-refractivity contribution < 1.29 is 4.74 Å². The van der Waals surface area contributed by atoms with Crippen LogP contribution in [0.5, 0.6) is 5.75 Å². The zero-order chi connectivity index (χ0) is 8.97. The first kappa shape index (κ1) is 9.15. The highest BCUT2D eigenvalue weighted by atomic mass is 79.9. The van der Waals surface area contributed by atoms with E-state index in [1.807, 2.05) is 25.1 Å². The molecule has 1 aromatic rings. The Labute approximate surface area is 80.9 Å². The summed E-state index contributed by atoms with van der Waals surface area (Å²) in [4.78, 5) is 0. The van der Waals surface area contributed by atoms with Gasteiger partial charge < -0.3 is 4.74 Å². The molecule has 62 valence electrons. The number of halogens is 1. The molecule has 0 saturated heterocycles. The molecule has 2 heteroatoms. The van der Waals surface area contributed by atoms with E-state index in [0.29, 0.717) is 6.61 Å². The van der Waals surface area contributed by atoms with Gasteiger partial charge in [-0.05, 0) is 41.1 Å². The lowest BCUT2D eigenvalue weighted by Gasteiger charge is -2.04. The number of hydrogen-bond acceptors (Lipinski definition) is 1. The molecule has 0 saturated carbocycles. The van der Waals surface area contributed by atoms with Crippen LogP contribution in [0.25, 0.3) is 0 Å². The van der Waals surface area contributed by atoms with E-state index in [1.165, 1.54) is 0 Å². The van der Waals surface area contributed by atoms with Gasteiger partial charge >= 0.3 is 0 Å². The third-order valence-electron chi connectivity index (χ3n) is 1.40. The van der Waals surface area contributed by atoms with Crippen molar-refractivity contribution >= 4 is 15.9 Å². The summed E-state index contributed by atoms with van der Waals surface area (Å²) in [6, 6.07) is 5.59. The lowest BCUT2D eigenvalue weighted by Crippen LogP contribution is -1.92. The molecule has 0 aliphatic heterocycles. The van der Waals surface area contributed by atoms with Gasteiger partial charge in [0.25, 0.3) is 0 Å². The SMILES string of the molecule is C#Cc1ccc(OCC)c(Br)c1. The largest absolute Gasteiger partial charge is 0.493 e. The van der Waals surface area contributed by atoms with Crippen molar-refractivity contribution in [2.45, 2.75) is 6.92 Å². The van der Waals surface area contributed by atoms with Crippen LogP contribution in [-0.4, -0.2) is 6.61 Å². The van der Waals surface area contributed by atoms with Crippen molar-refractivity contribution in [1.82, 2.24) is 0 Å². The number of benzene rings is 1. The maximum absolute atomic E-state index is 5.32. The fraction of sp³-hybridized carbons (Fsp3) is 0.200. The predicted molar refractivity (Wildman–Crippen MR) is 53.2 cm³/mol. The standard InChI is InChI=1S/C10H9BrO/c1-3-8-5-6-10(12-4-2)9(11)7-8/h1,5-7H,4H2,2H3. The Balaban J connectivity index is 2.97. The minimum atomic E-state index is 0.661. The summed E-state index contributed by atoms with van der Waals surface area (Å²) >= 11 is 3.37. The molecule has 0 aliphatic carbocycles. The van der Waals surface area contributed by atoms with E-state index in [9.17, 15) is 0 Å². The van der Waals surface area contributed by atoms with Crippen LogP contribution in [0.2, 0.25) is 0 Å². The topological polar surface area (TPSA) is 9.23 Å². The van der Waals surface area contributed by atoms with Gasteiger partial charge in [-0.2, -0.15) is 0 Å². The van der Waals surface area contributed by atoms with Crippen molar-refractivity contribution in [2.24, 2.45) is 0 Å². The minimum absolute atomic E-state index is 0.661. The van der Waals surface area contributed by atoms with Crippen LogP contribution >= 0.6 is 15.9 Å². The highest BCUT2D eigenvalue weighted by Gasteiger charge is 1.99. The van der Waals surface area contributed by atoms with Crippen molar-refractivity contribution in [3.63, 3.8) is 0 Å². The Kier molecular flexibility index (Phi) is 3.19. The van der Waals surface area contributed by atoms with Gasteiger partial charge in [0.2, 0.25) is 0 Å². The van der Waals surface area contributed by atoms with Gasteiger partial charge in [-0.3, -0.25) is 0 Å². The molecular weight excluding hydrogens is 216 g/mol. The molecule has 0 N–H and O–H groups in total. The third-order valence-corrected chi connectivity index (χ3v) is 2.02. The van der Waals surface area contributed by atoms with Gasteiger partial charge in [0.05, 0.1) is 11.1 Å². The second kappa shape index (κ2) is 4.18. The Hall–Kier alpha value is -0.940. The monoisotopic (exact) mass is 224 g/mol. The first-order chi connectivity index (χ1) is 5.77. The molecular formula is C10H9BrO. The molecule has 0 aromatic heterocycles.